The summed E-state index contributed by atoms with van der Waals surface area (Å²) in [7, 11) is -2.41. The molecule has 1 aromatic carbocycles. The third-order valence-electron chi connectivity index (χ3n) is 2.36. The Labute approximate surface area is 119 Å². The Kier molecular flexibility index (Phi) is 6.18. The quantitative estimate of drug-likeness (QED) is 0.684. The number of ether oxygens (including phenoxy) is 1. The summed E-state index contributed by atoms with van der Waals surface area (Å²) in [4.78, 5) is 0. The molecule has 0 saturated heterocycles. The predicted octanol–water partition coefficient (Wildman–Crippen LogP) is 4.71. The Bertz CT molecular complexity index is 462. The van der Waals surface area contributed by atoms with E-state index >= 15 is 0 Å². The molecule has 0 amide bonds. The van der Waals surface area contributed by atoms with Gasteiger partial charge >= 0.3 is 7.60 Å². The van der Waals surface area contributed by atoms with E-state index < -0.39 is 25.7 Å². The third-order valence-corrected chi connectivity index (χ3v) is 4.65. The molecule has 1 aromatic rings. The van der Waals surface area contributed by atoms with Crippen LogP contribution in [0.4, 0.5) is 4.39 Å². The van der Waals surface area contributed by atoms with Gasteiger partial charge in [0.2, 0.25) is 5.91 Å². The van der Waals surface area contributed by atoms with E-state index in [1.54, 1.807) is 39.8 Å². The molecule has 4 nitrogen and oxygen atoms in total. The average molecular weight is 304 g/mol. The fourth-order valence-electron chi connectivity index (χ4n) is 1.69. The molecule has 114 valence electrons. The molecule has 0 heterocycles. The van der Waals surface area contributed by atoms with Gasteiger partial charge < -0.3 is 13.8 Å². The van der Waals surface area contributed by atoms with Gasteiger partial charge in [-0.25, -0.2) is 4.39 Å². The van der Waals surface area contributed by atoms with Gasteiger partial charge in [0.15, 0.2) is 0 Å². The lowest BCUT2D eigenvalue weighted by atomic mass is 10.2. The Morgan fingerprint density at radius 1 is 1.10 bits per heavy atom. The van der Waals surface area contributed by atoms with E-state index in [4.69, 9.17) is 13.8 Å². The van der Waals surface area contributed by atoms with Gasteiger partial charge in [-0.1, -0.05) is 12.1 Å². The monoisotopic (exact) mass is 304 g/mol. The Morgan fingerprint density at radius 2 is 1.65 bits per heavy atom. The minimum Gasteiger partial charge on any atom is -0.497 e. The van der Waals surface area contributed by atoms with Crippen LogP contribution < -0.4 is 4.74 Å². The van der Waals surface area contributed by atoms with E-state index in [0.717, 1.165) is 0 Å². The van der Waals surface area contributed by atoms with Crippen LogP contribution in [-0.4, -0.2) is 19.3 Å². The lowest BCUT2D eigenvalue weighted by molar-refractivity contribution is 0.123. The summed E-state index contributed by atoms with van der Waals surface area (Å²) >= 11 is 0. The fraction of sp³-hybridized carbons (Fsp3) is 0.571. The molecule has 1 unspecified atom stereocenters. The van der Waals surface area contributed by atoms with Gasteiger partial charge in [0.05, 0.1) is 19.3 Å². The first kappa shape index (κ1) is 17.2. The first-order chi connectivity index (χ1) is 9.28. The van der Waals surface area contributed by atoms with Gasteiger partial charge in [-0.15, -0.1) is 0 Å². The summed E-state index contributed by atoms with van der Waals surface area (Å²) in [6.45, 7) is 6.76. The van der Waals surface area contributed by atoms with Crippen LogP contribution in [0.2, 0.25) is 0 Å². The Morgan fingerprint density at radius 3 is 2.10 bits per heavy atom. The minimum atomic E-state index is -3.90. The molecule has 0 bridgehead atoms. The zero-order valence-electron chi connectivity index (χ0n) is 12.5. The highest BCUT2D eigenvalue weighted by molar-refractivity contribution is 7.54. The van der Waals surface area contributed by atoms with E-state index in [1.165, 1.54) is 19.2 Å². The largest absolute Gasteiger partial charge is 0.497 e. The second-order valence-corrected chi connectivity index (χ2v) is 6.92. The van der Waals surface area contributed by atoms with Crippen molar-refractivity contribution in [2.75, 3.05) is 7.11 Å². The average Bonchev–Trinajstić information content (AvgIpc) is 2.36. The van der Waals surface area contributed by atoms with Crippen molar-refractivity contribution in [1.29, 1.82) is 0 Å². The summed E-state index contributed by atoms with van der Waals surface area (Å²) in [6.07, 6.45) is -0.799. The van der Waals surface area contributed by atoms with Crippen LogP contribution in [0.1, 0.15) is 39.2 Å². The summed E-state index contributed by atoms with van der Waals surface area (Å²) in [6, 6.07) is 6.35. The molecular weight excluding hydrogens is 282 g/mol. The molecule has 1 atom stereocenters. The molecule has 6 heteroatoms. The molecule has 20 heavy (non-hydrogen) atoms. The van der Waals surface area contributed by atoms with E-state index in [0.29, 0.717) is 5.75 Å². The van der Waals surface area contributed by atoms with E-state index in [9.17, 15) is 8.96 Å². The SMILES string of the molecule is COc1cccc(C(F)P(=O)(OC(C)C)OC(C)C)c1. The minimum absolute atomic E-state index is 0.217. The highest BCUT2D eigenvalue weighted by Gasteiger charge is 2.39. The summed E-state index contributed by atoms with van der Waals surface area (Å²) < 4.78 is 42.9. The van der Waals surface area contributed by atoms with Gasteiger partial charge in [-0.3, -0.25) is 4.57 Å². The van der Waals surface area contributed by atoms with Gasteiger partial charge in [-0.05, 0) is 39.8 Å². The number of halogens is 1. The van der Waals surface area contributed by atoms with Crippen LogP contribution >= 0.6 is 7.60 Å². The van der Waals surface area contributed by atoms with Crippen LogP contribution in [0.3, 0.4) is 0 Å². The smallest absolute Gasteiger partial charge is 0.369 e. The molecule has 0 fully saturated rings. The molecule has 0 saturated carbocycles. The zero-order valence-corrected chi connectivity index (χ0v) is 13.4. The summed E-state index contributed by atoms with van der Waals surface area (Å²) in [5.74, 6) is -1.35. The second-order valence-electron chi connectivity index (χ2n) is 4.96. The van der Waals surface area contributed by atoms with Crippen LogP contribution in [0, 0.1) is 0 Å². The van der Waals surface area contributed by atoms with Crippen molar-refractivity contribution in [3.8, 4) is 5.75 Å². The van der Waals surface area contributed by atoms with Gasteiger partial charge in [0.25, 0.3) is 0 Å². The third kappa shape index (κ3) is 4.58. The maximum absolute atomic E-state index is 14.7. The second kappa shape index (κ2) is 7.21. The molecule has 0 radical (unpaired) electrons. The van der Waals surface area contributed by atoms with Crippen LogP contribution in [-0.2, 0) is 13.6 Å². The normalized spacial score (nSPS) is 13.8. The van der Waals surface area contributed by atoms with Crippen molar-refractivity contribution in [2.24, 2.45) is 0 Å². The van der Waals surface area contributed by atoms with Gasteiger partial charge in [0, 0.05) is 5.56 Å². The van der Waals surface area contributed by atoms with Crippen molar-refractivity contribution < 1.29 is 22.7 Å². The maximum Gasteiger partial charge on any atom is 0.369 e. The maximum atomic E-state index is 14.7. The van der Waals surface area contributed by atoms with Crippen molar-refractivity contribution in [2.45, 2.75) is 45.8 Å². The highest BCUT2D eigenvalue weighted by Crippen LogP contribution is 2.63. The van der Waals surface area contributed by atoms with Gasteiger partial charge in [-0.2, -0.15) is 0 Å². The molecule has 0 aliphatic carbocycles. The number of rotatable bonds is 7. The topological polar surface area (TPSA) is 44.8 Å². The fourth-order valence-corrected chi connectivity index (χ4v) is 3.66. The summed E-state index contributed by atoms with van der Waals surface area (Å²) in [5.41, 5.74) is 0.217. The number of methoxy groups -OCH3 is 1. The summed E-state index contributed by atoms with van der Waals surface area (Å²) in [5, 5.41) is 0. The van der Waals surface area contributed by atoms with Gasteiger partial charge in [0.1, 0.15) is 5.75 Å². The number of hydrogen-bond acceptors (Lipinski definition) is 4. The molecule has 0 spiro atoms. The Balaban J connectivity index is 3.08. The molecule has 0 aliphatic heterocycles. The molecular formula is C14H22FO4P. The lowest BCUT2D eigenvalue weighted by Gasteiger charge is -2.25. The highest BCUT2D eigenvalue weighted by atomic mass is 31.2. The Hall–Kier alpha value is -0.900. The molecule has 0 aromatic heterocycles. The van der Waals surface area contributed by atoms with Crippen molar-refractivity contribution >= 4 is 7.60 Å². The van der Waals surface area contributed by atoms with E-state index in [2.05, 4.69) is 0 Å². The van der Waals surface area contributed by atoms with Crippen LogP contribution in [0.5, 0.6) is 5.75 Å². The lowest BCUT2D eigenvalue weighted by Crippen LogP contribution is -2.11. The molecule has 1 rings (SSSR count). The predicted molar refractivity (Wildman–Crippen MR) is 76.9 cm³/mol. The standard InChI is InChI=1S/C14H22FO4P/c1-10(2)18-20(16,19-11(3)4)14(15)12-7-6-8-13(9-12)17-5/h6-11,14H,1-5H3. The molecule has 0 aliphatic rings. The van der Waals surface area contributed by atoms with Crippen LogP contribution in [0.15, 0.2) is 24.3 Å². The zero-order chi connectivity index (χ0) is 15.3. The van der Waals surface area contributed by atoms with E-state index in [-0.39, 0.29) is 5.56 Å². The van der Waals surface area contributed by atoms with Crippen molar-refractivity contribution in [3.05, 3.63) is 29.8 Å². The van der Waals surface area contributed by atoms with E-state index in [1.807, 2.05) is 0 Å². The first-order valence-electron chi connectivity index (χ1n) is 6.53. The number of alkyl halides is 1. The number of hydrogen-bond donors (Lipinski definition) is 0. The number of benzene rings is 1. The van der Waals surface area contributed by atoms with Crippen molar-refractivity contribution in [1.82, 2.24) is 0 Å². The van der Waals surface area contributed by atoms with Crippen LogP contribution in [0.25, 0.3) is 0 Å². The molecule has 0 N–H and O–H groups in total. The first-order valence-corrected chi connectivity index (χ1v) is 8.14. The van der Waals surface area contributed by atoms with Crippen molar-refractivity contribution in [3.63, 3.8) is 0 Å².